The summed E-state index contributed by atoms with van der Waals surface area (Å²) in [6.07, 6.45) is 0. The third-order valence-corrected chi connectivity index (χ3v) is 7.23. The Kier molecular flexibility index (Phi) is 5.03. The van der Waals surface area contributed by atoms with Crippen LogP contribution in [0.15, 0.2) is 36.4 Å². The summed E-state index contributed by atoms with van der Waals surface area (Å²) in [5.41, 5.74) is 22.0. The van der Waals surface area contributed by atoms with Gasteiger partial charge in [0.1, 0.15) is 9.71 Å². The van der Waals surface area contributed by atoms with Gasteiger partial charge in [0.2, 0.25) is 0 Å². The predicted octanol–water partition coefficient (Wildman–Crippen LogP) is 4.23. The number of hydrogen-bond donors (Lipinski definition) is 4. The molecule has 2 aromatic heterocycles. The van der Waals surface area contributed by atoms with Crippen molar-refractivity contribution in [2.75, 3.05) is 11.2 Å². The van der Waals surface area contributed by atoms with Gasteiger partial charge in [-0.15, -0.1) is 16.4 Å². The number of carbonyl (C=O) groups is 1. The molecule has 4 aromatic rings. The van der Waals surface area contributed by atoms with Crippen molar-refractivity contribution in [3.63, 3.8) is 0 Å². The van der Waals surface area contributed by atoms with Crippen molar-refractivity contribution in [2.45, 2.75) is 33.9 Å². The average Bonchev–Trinajstić information content (AvgIpc) is 3.41. The number of nitrogens with one attached hydrogen (secondary N) is 3. The molecule has 162 valence electrons. The zero-order chi connectivity index (χ0) is 22.4. The van der Waals surface area contributed by atoms with Gasteiger partial charge in [0.15, 0.2) is 0 Å². The minimum absolute atomic E-state index is 0.193. The molecule has 1 aliphatic heterocycles. The van der Waals surface area contributed by atoms with E-state index >= 15 is 0 Å². The number of hydrogen-bond acceptors (Lipinski definition) is 7. The monoisotopic (exact) mass is 444 g/mol. The van der Waals surface area contributed by atoms with Gasteiger partial charge in [-0.1, -0.05) is 30.3 Å². The SMILES string of the molecule is Cc1nnc2sc(C(=O)NCc3ccc(-c4ccc5c(c4C)CNN5)cc3)c(N)c2c1C. The fraction of sp³-hybridized carbons (Fsp3) is 0.208. The van der Waals surface area contributed by atoms with Crippen LogP contribution >= 0.6 is 11.3 Å². The number of nitrogens with two attached hydrogens (primary N) is 1. The Labute approximate surface area is 190 Å². The second kappa shape index (κ2) is 7.89. The molecule has 0 aliphatic carbocycles. The van der Waals surface area contributed by atoms with Crippen molar-refractivity contribution in [1.29, 1.82) is 0 Å². The maximum absolute atomic E-state index is 12.8. The summed E-state index contributed by atoms with van der Waals surface area (Å²) in [7, 11) is 0. The highest BCUT2D eigenvalue weighted by atomic mass is 32.1. The molecule has 1 aliphatic rings. The van der Waals surface area contributed by atoms with E-state index < -0.39 is 0 Å². The molecule has 1 amide bonds. The van der Waals surface area contributed by atoms with Gasteiger partial charge in [-0.05, 0) is 60.2 Å². The largest absolute Gasteiger partial charge is 0.397 e. The van der Waals surface area contributed by atoms with Gasteiger partial charge in [0.05, 0.1) is 17.1 Å². The molecule has 0 saturated heterocycles. The lowest BCUT2D eigenvalue weighted by Gasteiger charge is -2.11. The zero-order valence-corrected chi connectivity index (χ0v) is 19.0. The van der Waals surface area contributed by atoms with E-state index in [0.29, 0.717) is 21.9 Å². The first-order valence-corrected chi connectivity index (χ1v) is 11.3. The van der Waals surface area contributed by atoms with E-state index in [-0.39, 0.29) is 5.91 Å². The van der Waals surface area contributed by atoms with Gasteiger partial charge >= 0.3 is 0 Å². The molecule has 32 heavy (non-hydrogen) atoms. The molecule has 5 rings (SSSR count). The van der Waals surface area contributed by atoms with Gasteiger partial charge < -0.3 is 16.5 Å². The van der Waals surface area contributed by atoms with Crippen molar-refractivity contribution in [2.24, 2.45) is 0 Å². The van der Waals surface area contributed by atoms with Crippen molar-refractivity contribution >= 4 is 38.8 Å². The van der Waals surface area contributed by atoms with E-state index in [4.69, 9.17) is 5.73 Å². The Balaban J connectivity index is 1.32. The molecule has 7 nitrogen and oxygen atoms in total. The number of aromatic nitrogens is 2. The van der Waals surface area contributed by atoms with Gasteiger partial charge in [0, 0.05) is 18.5 Å². The smallest absolute Gasteiger partial charge is 0.263 e. The normalized spacial score (nSPS) is 12.6. The van der Waals surface area contributed by atoms with Crippen LogP contribution in [-0.4, -0.2) is 16.1 Å². The topological polar surface area (TPSA) is 105 Å². The van der Waals surface area contributed by atoms with Crippen LogP contribution in [0.3, 0.4) is 0 Å². The summed E-state index contributed by atoms with van der Waals surface area (Å²) < 4.78 is 0. The van der Waals surface area contributed by atoms with Crippen LogP contribution in [0.2, 0.25) is 0 Å². The standard InChI is InChI=1S/C24H24N6OS/c1-12-14(3)28-30-24-20(12)21(25)22(32-24)23(31)26-10-15-4-6-16(7-5-15)17-8-9-19-18(13(17)2)11-27-29-19/h4-9,27,29H,10-11,25H2,1-3H3,(H,26,31). The Hall–Kier alpha value is -3.49. The number of amides is 1. The van der Waals surface area contributed by atoms with E-state index in [9.17, 15) is 4.79 Å². The number of anilines is 2. The number of rotatable bonds is 4. The van der Waals surface area contributed by atoms with Crippen LogP contribution in [0.4, 0.5) is 11.4 Å². The molecule has 0 fully saturated rings. The van der Waals surface area contributed by atoms with Crippen LogP contribution in [-0.2, 0) is 13.1 Å². The fourth-order valence-electron chi connectivity index (χ4n) is 4.12. The Morgan fingerprint density at radius 1 is 1.09 bits per heavy atom. The van der Waals surface area contributed by atoms with Gasteiger partial charge in [-0.2, -0.15) is 5.10 Å². The summed E-state index contributed by atoms with van der Waals surface area (Å²) in [5.74, 6) is -0.193. The quantitative estimate of drug-likeness (QED) is 0.376. The summed E-state index contributed by atoms with van der Waals surface area (Å²) in [6.45, 7) is 7.24. The molecule has 0 bridgehead atoms. The van der Waals surface area contributed by atoms with Crippen LogP contribution in [0, 0.1) is 20.8 Å². The number of fused-ring (bicyclic) bond motifs is 2. The highest BCUT2D eigenvalue weighted by molar-refractivity contribution is 7.21. The van der Waals surface area contributed by atoms with Gasteiger partial charge in [-0.25, -0.2) is 5.43 Å². The first kappa shape index (κ1) is 20.4. The van der Waals surface area contributed by atoms with E-state index in [1.807, 2.05) is 26.0 Å². The molecule has 5 N–H and O–H groups in total. The van der Waals surface area contributed by atoms with Crippen molar-refractivity contribution in [3.8, 4) is 11.1 Å². The van der Waals surface area contributed by atoms with E-state index in [1.165, 1.54) is 28.0 Å². The number of carbonyl (C=O) groups excluding carboxylic acids is 1. The molecular formula is C24H24N6OS. The highest BCUT2D eigenvalue weighted by Gasteiger charge is 2.20. The lowest BCUT2D eigenvalue weighted by Crippen LogP contribution is -2.22. The van der Waals surface area contributed by atoms with Crippen LogP contribution in [0.5, 0.6) is 0 Å². The predicted molar refractivity (Wildman–Crippen MR) is 130 cm³/mol. The van der Waals surface area contributed by atoms with Crippen LogP contribution < -0.4 is 21.9 Å². The molecule has 8 heteroatoms. The van der Waals surface area contributed by atoms with E-state index in [2.05, 4.69) is 57.6 Å². The number of aryl methyl sites for hydroxylation is 2. The van der Waals surface area contributed by atoms with Gasteiger partial charge in [-0.3, -0.25) is 4.79 Å². The number of thiophene rings is 1. The van der Waals surface area contributed by atoms with Gasteiger partial charge in [0.25, 0.3) is 5.91 Å². The zero-order valence-electron chi connectivity index (χ0n) is 18.2. The lowest BCUT2D eigenvalue weighted by atomic mass is 9.95. The van der Waals surface area contributed by atoms with Crippen molar-refractivity contribution < 1.29 is 4.79 Å². The third kappa shape index (κ3) is 3.37. The van der Waals surface area contributed by atoms with Crippen molar-refractivity contribution in [3.05, 3.63) is 69.2 Å². The minimum Gasteiger partial charge on any atom is -0.397 e. The molecule has 0 spiro atoms. The van der Waals surface area contributed by atoms with Crippen LogP contribution in [0.25, 0.3) is 21.3 Å². The second-order valence-electron chi connectivity index (χ2n) is 8.06. The molecule has 0 atom stereocenters. The first-order valence-electron chi connectivity index (χ1n) is 10.4. The first-order chi connectivity index (χ1) is 15.4. The molecule has 0 radical (unpaired) electrons. The highest BCUT2D eigenvalue weighted by Crippen LogP contribution is 2.35. The second-order valence-corrected chi connectivity index (χ2v) is 9.06. The molecular weight excluding hydrogens is 420 g/mol. The summed E-state index contributed by atoms with van der Waals surface area (Å²) in [6, 6.07) is 12.5. The third-order valence-electron chi connectivity index (χ3n) is 6.15. The molecule has 0 unspecified atom stereocenters. The number of benzene rings is 2. The molecule has 3 heterocycles. The molecule has 2 aromatic carbocycles. The Bertz CT molecular complexity index is 1360. The van der Waals surface area contributed by atoms with E-state index in [1.54, 1.807) is 0 Å². The Morgan fingerprint density at radius 3 is 2.66 bits per heavy atom. The maximum Gasteiger partial charge on any atom is 0.263 e. The maximum atomic E-state index is 12.8. The minimum atomic E-state index is -0.193. The average molecular weight is 445 g/mol. The summed E-state index contributed by atoms with van der Waals surface area (Å²) >= 11 is 1.28. The van der Waals surface area contributed by atoms with E-state index in [0.717, 1.165) is 40.0 Å². The fourth-order valence-corrected chi connectivity index (χ4v) is 5.13. The summed E-state index contributed by atoms with van der Waals surface area (Å²) in [5, 5.41) is 12.1. The van der Waals surface area contributed by atoms with Crippen molar-refractivity contribution in [1.82, 2.24) is 20.9 Å². The number of hydrazine groups is 1. The molecule has 0 saturated carbocycles. The van der Waals surface area contributed by atoms with Crippen LogP contribution in [0.1, 0.15) is 37.6 Å². The summed E-state index contributed by atoms with van der Waals surface area (Å²) in [4.78, 5) is 14.0. The lowest BCUT2D eigenvalue weighted by molar-refractivity contribution is 0.0956. The Morgan fingerprint density at radius 2 is 1.88 bits per heavy atom. The number of nitrogen functional groups attached to an aromatic ring is 1. The number of nitrogens with zero attached hydrogens (tertiary/aromatic N) is 2.